The summed E-state index contributed by atoms with van der Waals surface area (Å²) in [5, 5.41) is 13.5. The van der Waals surface area contributed by atoms with Crippen LogP contribution < -0.4 is 10.6 Å². The molecule has 0 saturated carbocycles. The topological polar surface area (TPSA) is 54.4 Å². The fourth-order valence-electron chi connectivity index (χ4n) is 4.36. The van der Waals surface area contributed by atoms with Crippen molar-refractivity contribution in [1.82, 2.24) is 0 Å². The molecule has 166 valence electrons. The molecule has 1 N–H and O–H groups in total. The molecule has 0 heterocycles. The Hall–Kier alpha value is -3.26. The first kappa shape index (κ1) is 22.9. The maximum Gasteiger partial charge on any atom is 0.199 e. The number of carbonyl (C=O) groups is 1. The molecule has 0 fully saturated rings. The maximum atomic E-state index is 14.6. The summed E-state index contributed by atoms with van der Waals surface area (Å²) in [4.78, 5) is 13.7. The Labute approximate surface area is 195 Å². The first-order valence-corrected chi connectivity index (χ1v) is 12.9. The molecule has 2 unspecified atom stereocenters. The average Bonchev–Trinajstić information content (AvgIpc) is 2.89. The Morgan fingerprint density at radius 2 is 1.12 bits per heavy atom. The van der Waals surface area contributed by atoms with Gasteiger partial charge in [-0.05, 0) is 5.56 Å². The number of hydrogen-bond acceptors (Lipinski definition) is 3. The number of hydrogen-bond donors (Lipinski definition) is 1. The molecule has 0 radical (unpaired) electrons. The Morgan fingerprint density at radius 3 is 1.58 bits per heavy atom. The van der Waals surface area contributed by atoms with Gasteiger partial charge in [-0.2, -0.15) is 0 Å². The molecule has 33 heavy (non-hydrogen) atoms. The molecular weight excluding hydrogens is 427 g/mol. The van der Waals surface area contributed by atoms with Crippen LogP contribution in [0.1, 0.15) is 22.8 Å². The van der Waals surface area contributed by atoms with Crippen molar-refractivity contribution in [2.75, 3.05) is 6.16 Å². The summed E-state index contributed by atoms with van der Waals surface area (Å²) in [5.41, 5.74) is -0.911. The molecule has 0 aliphatic heterocycles. The van der Waals surface area contributed by atoms with Crippen LogP contribution in [-0.4, -0.2) is 17.1 Å². The summed E-state index contributed by atoms with van der Waals surface area (Å²) in [5.74, 6) is -1.02. The second-order valence-corrected chi connectivity index (χ2v) is 11.2. The van der Waals surface area contributed by atoms with E-state index in [9.17, 15) is 14.5 Å². The highest BCUT2D eigenvalue weighted by atomic mass is 31.2. The quantitative estimate of drug-likeness (QED) is 0.286. The minimum absolute atomic E-state index is 0.144. The molecule has 4 heteroatoms. The van der Waals surface area contributed by atoms with Crippen LogP contribution in [0.15, 0.2) is 121 Å². The molecule has 4 rings (SSSR count). The van der Waals surface area contributed by atoms with Gasteiger partial charge in [0, 0.05) is 28.3 Å². The Morgan fingerprint density at radius 1 is 0.727 bits per heavy atom. The summed E-state index contributed by atoms with van der Waals surface area (Å²) in [6.45, 7) is 1.81. The SMILES string of the molecule is CC(CP(=O)(c1ccccc1)c1ccccc1)C(O)(C(=O)c1ccccc1)c1ccccc1. The van der Waals surface area contributed by atoms with Gasteiger partial charge in [0.2, 0.25) is 0 Å². The van der Waals surface area contributed by atoms with Crippen LogP contribution in [0.3, 0.4) is 0 Å². The van der Waals surface area contributed by atoms with E-state index in [-0.39, 0.29) is 6.16 Å². The number of Topliss-reactive ketones (excluding diaryl/α,β-unsaturated/α-hetero) is 1. The van der Waals surface area contributed by atoms with Crippen LogP contribution in [0.4, 0.5) is 0 Å². The van der Waals surface area contributed by atoms with Crippen molar-refractivity contribution in [2.45, 2.75) is 12.5 Å². The van der Waals surface area contributed by atoms with E-state index in [0.29, 0.717) is 21.7 Å². The zero-order chi connectivity index (χ0) is 23.3. The summed E-state index contributed by atoms with van der Waals surface area (Å²) in [7, 11) is -3.14. The van der Waals surface area contributed by atoms with E-state index in [1.54, 1.807) is 48.5 Å². The fourth-order valence-corrected chi connectivity index (χ4v) is 7.42. The standard InChI is InChI=1S/C29H27O3P/c1-23(22-33(32,26-18-10-4-11-19-26)27-20-12-5-13-21-27)29(31,25-16-8-3-9-17-25)28(30)24-14-6-2-7-15-24/h2-21,23,31H,22H2,1H3. The van der Waals surface area contributed by atoms with Gasteiger partial charge < -0.3 is 9.67 Å². The summed E-state index contributed by atoms with van der Waals surface area (Å²) < 4.78 is 14.6. The van der Waals surface area contributed by atoms with Crippen molar-refractivity contribution < 1.29 is 14.5 Å². The maximum absolute atomic E-state index is 14.6. The van der Waals surface area contributed by atoms with Crippen LogP contribution in [0.2, 0.25) is 0 Å². The van der Waals surface area contributed by atoms with Crippen molar-refractivity contribution in [3.63, 3.8) is 0 Å². The van der Waals surface area contributed by atoms with Crippen molar-refractivity contribution in [3.8, 4) is 0 Å². The molecule has 2 atom stereocenters. The molecule has 3 nitrogen and oxygen atoms in total. The van der Waals surface area contributed by atoms with Crippen LogP contribution in [0, 0.1) is 5.92 Å². The van der Waals surface area contributed by atoms with E-state index in [0.717, 1.165) is 0 Å². The highest BCUT2D eigenvalue weighted by molar-refractivity contribution is 7.78. The Bertz CT molecular complexity index is 1200. The molecule has 4 aromatic carbocycles. The highest BCUT2D eigenvalue weighted by Crippen LogP contribution is 2.49. The molecule has 0 amide bonds. The minimum Gasteiger partial charge on any atom is -0.377 e. The molecule has 0 aliphatic rings. The third kappa shape index (κ3) is 4.48. The lowest BCUT2D eigenvalue weighted by Crippen LogP contribution is -2.44. The minimum atomic E-state index is -3.14. The van der Waals surface area contributed by atoms with Crippen LogP contribution in [0.5, 0.6) is 0 Å². The lowest BCUT2D eigenvalue weighted by molar-refractivity contribution is 0.00389. The normalized spacial score (nSPS) is 14.2. The first-order valence-electron chi connectivity index (χ1n) is 11.0. The fraction of sp³-hybridized carbons (Fsp3) is 0.138. The van der Waals surface area contributed by atoms with Gasteiger partial charge in [0.05, 0.1) is 0 Å². The summed E-state index contributed by atoms with van der Waals surface area (Å²) >= 11 is 0. The van der Waals surface area contributed by atoms with Gasteiger partial charge in [0.15, 0.2) is 11.4 Å². The Kier molecular flexibility index (Phi) is 6.74. The second-order valence-electron chi connectivity index (χ2n) is 8.32. The average molecular weight is 455 g/mol. The molecule has 0 aromatic heterocycles. The number of aliphatic hydroxyl groups is 1. The second kappa shape index (κ2) is 9.70. The van der Waals surface area contributed by atoms with Gasteiger partial charge in [-0.25, -0.2) is 0 Å². The predicted octanol–water partition coefficient (Wildman–Crippen LogP) is 5.41. The van der Waals surface area contributed by atoms with E-state index >= 15 is 0 Å². The van der Waals surface area contributed by atoms with E-state index in [2.05, 4.69) is 0 Å². The van der Waals surface area contributed by atoms with Crippen molar-refractivity contribution >= 4 is 23.5 Å². The number of carbonyl (C=O) groups excluding carboxylic acids is 1. The van der Waals surface area contributed by atoms with Gasteiger partial charge in [-0.1, -0.05) is 128 Å². The smallest absolute Gasteiger partial charge is 0.199 e. The van der Waals surface area contributed by atoms with Crippen molar-refractivity contribution in [1.29, 1.82) is 0 Å². The lowest BCUT2D eigenvalue weighted by atomic mass is 9.77. The monoisotopic (exact) mass is 454 g/mol. The number of ketones is 1. The van der Waals surface area contributed by atoms with E-state index in [1.165, 1.54) is 0 Å². The Balaban J connectivity index is 1.83. The largest absolute Gasteiger partial charge is 0.377 e. The highest BCUT2D eigenvalue weighted by Gasteiger charge is 2.46. The summed E-state index contributed by atoms with van der Waals surface area (Å²) in [6.07, 6.45) is 0.144. The molecule has 4 aromatic rings. The van der Waals surface area contributed by atoms with E-state index in [1.807, 2.05) is 79.7 Å². The first-order chi connectivity index (χ1) is 16.0. The zero-order valence-corrected chi connectivity index (χ0v) is 19.4. The lowest BCUT2D eigenvalue weighted by Gasteiger charge is -2.35. The molecule has 0 aliphatic carbocycles. The van der Waals surface area contributed by atoms with Crippen LogP contribution in [0.25, 0.3) is 0 Å². The third-order valence-electron chi connectivity index (χ3n) is 6.19. The number of benzene rings is 4. The summed E-state index contributed by atoms with van der Waals surface area (Å²) in [6, 6.07) is 36.5. The van der Waals surface area contributed by atoms with E-state index < -0.39 is 24.4 Å². The van der Waals surface area contributed by atoms with Crippen molar-refractivity contribution in [3.05, 3.63) is 132 Å². The van der Waals surface area contributed by atoms with Crippen molar-refractivity contribution in [2.24, 2.45) is 5.92 Å². The van der Waals surface area contributed by atoms with Gasteiger partial charge in [0.25, 0.3) is 0 Å². The van der Waals surface area contributed by atoms with Gasteiger partial charge in [-0.15, -0.1) is 0 Å². The van der Waals surface area contributed by atoms with Gasteiger partial charge >= 0.3 is 0 Å². The third-order valence-corrected chi connectivity index (χ3v) is 9.51. The molecule has 0 bridgehead atoms. The molecule has 0 spiro atoms. The van der Waals surface area contributed by atoms with Gasteiger partial charge in [0.1, 0.15) is 7.14 Å². The number of rotatable bonds is 8. The predicted molar refractivity (Wildman–Crippen MR) is 135 cm³/mol. The zero-order valence-electron chi connectivity index (χ0n) is 18.5. The van der Waals surface area contributed by atoms with Crippen LogP contribution >= 0.6 is 7.14 Å². The molecular formula is C29H27O3P. The van der Waals surface area contributed by atoms with E-state index in [4.69, 9.17) is 0 Å². The van der Waals surface area contributed by atoms with Crippen LogP contribution in [-0.2, 0) is 10.2 Å². The van der Waals surface area contributed by atoms with Gasteiger partial charge in [-0.3, -0.25) is 4.79 Å². The molecule has 0 saturated heterocycles.